The van der Waals surface area contributed by atoms with Crippen LogP contribution in [0, 0.1) is 10.8 Å². The number of ether oxygens (including phenoxy) is 2. The summed E-state index contributed by atoms with van der Waals surface area (Å²) in [6, 6.07) is -0.803. The molecule has 130 valence electrons. The molecule has 0 saturated heterocycles. The van der Waals surface area contributed by atoms with E-state index < -0.39 is 12.0 Å². The van der Waals surface area contributed by atoms with Crippen molar-refractivity contribution in [2.45, 2.75) is 86.5 Å². The van der Waals surface area contributed by atoms with Gasteiger partial charge in [-0.15, -0.1) is 0 Å². The van der Waals surface area contributed by atoms with Gasteiger partial charge in [0.1, 0.15) is 18.2 Å². The predicted octanol–water partition coefficient (Wildman–Crippen LogP) is 3.05. The van der Waals surface area contributed by atoms with Gasteiger partial charge >= 0.3 is 11.9 Å². The fraction of sp³-hybridized carbons (Fsp3) is 0.882. The van der Waals surface area contributed by atoms with Crippen molar-refractivity contribution in [3.8, 4) is 0 Å². The number of hydrogen-bond donors (Lipinski definition) is 1. The molecule has 0 aliphatic rings. The average molecular weight is 315 g/mol. The Morgan fingerprint density at radius 1 is 0.909 bits per heavy atom. The van der Waals surface area contributed by atoms with Crippen molar-refractivity contribution in [1.29, 1.82) is 0 Å². The molecular formula is C17H33NO4. The standard InChI is InChI=1S/C17H33NO4/c1-11(16(3,4)5)21-14(19)10-9-13(18)15(20)22-12(2)17(6,7)8/h11-13H,9-10,18H2,1-8H3/t11-,12+,13+/m0/s1. The molecule has 2 N–H and O–H groups in total. The summed E-state index contributed by atoms with van der Waals surface area (Å²) in [6.07, 6.45) is -0.0885. The SMILES string of the molecule is C[C@H](OC(=O)CC[C@@H](N)C(=O)O[C@H](C)C(C)(C)C)C(C)(C)C. The van der Waals surface area contributed by atoms with Gasteiger partial charge in [-0.25, -0.2) is 0 Å². The van der Waals surface area contributed by atoms with Gasteiger partial charge in [0, 0.05) is 6.42 Å². The van der Waals surface area contributed by atoms with E-state index in [-0.39, 0.29) is 41.8 Å². The fourth-order valence-corrected chi connectivity index (χ4v) is 1.26. The molecule has 0 spiro atoms. The lowest BCUT2D eigenvalue weighted by molar-refractivity contribution is -0.156. The largest absolute Gasteiger partial charge is 0.462 e. The second-order valence-electron chi connectivity index (χ2n) is 8.09. The molecule has 0 aromatic carbocycles. The van der Waals surface area contributed by atoms with E-state index >= 15 is 0 Å². The van der Waals surface area contributed by atoms with Gasteiger partial charge in [0.25, 0.3) is 0 Å². The first kappa shape index (κ1) is 20.9. The summed E-state index contributed by atoms with van der Waals surface area (Å²) in [5.41, 5.74) is 5.54. The van der Waals surface area contributed by atoms with Crippen LogP contribution in [0.5, 0.6) is 0 Å². The third-order valence-electron chi connectivity index (χ3n) is 4.00. The molecule has 5 nitrogen and oxygen atoms in total. The molecule has 5 heteroatoms. The highest BCUT2D eigenvalue weighted by Gasteiger charge is 2.27. The van der Waals surface area contributed by atoms with Gasteiger partial charge in [0.15, 0.2) is 0 Å². The molecule has 0 unspecified atom stereocenters. The maximum absolute atomic E-state index is 11.9. The quantitative estimate of drug-likeness (QED) is 0.762. The second-order valence-corrected chi connectivity index (χ2v) is 8.09. The number of nitrogens with two attached hydrogens (primary N) is 1. The monoisotopic (exact) mass is 315 g/mol. The first-order valence-corrected chi connectivity index (χ1v) is 7.90. The van der Waals surface area contributed by atoms with Gasteiger partial charge < -0.3 is 15.2 Å². The molecule has 0 heterocycles. The third kappa shape index (κ3) is 7.78. The maximum atomic E-state index is 11.9. The molecule has 0 aliphatic heterocycles. The molecule has 0 aliphatic carbocycles. The zero-order valence-corrected chi connectivity index (χ0v) is 15.4. The molecule has 0 rings (SSSR count). The van der Waals surface area contributed by atoms with Crippen molar-refractivity contribution in [1.82, 2.24) is 0 Å². The van der Waals surface area contributed by atoms with Gasteiger partial charge in [0.2, 0.25) is 0 Å². The van der Waals surface area contributed by atoms with Crippen LogP contribution in [0.2, 0.25) is 0 Å². The van der Waals surface area contributed by atoms with Crippen molar-refractivity contribution < 1.29 is 19.1 Å². The highest BCUT2D eigenvalue weighted by Crippen LogP contribution is 2.23. The van der Waals surface area contributed by atoms with Gasteiger partial charge in [-0.3, -0.25) is 9.59 Å². The van der Waals surface area contributed by atoms with Crippen LogP contribution in [0.25, 0.3) is 0 Å². The van der Waals surface area contributed by atoms with Crippen molar-refractivity contribution in [3.63, 3.8) is 0 Å². The molecule has 0 aromatic rings. The van der Waals surface area contributed by atoms with Crippen LogP contribution in [0.1, 0.15) is 68.2 Å². The van der Waals surface area contributed by atoms with Crippen LogP contribution in [0.4, 0.5) is 0 Å². The normalized spacial score (nSPS) is 16.6. The first-order chi connectivity index (χ1) is 9.75. The molecule has 0 aromatic heterocycles. The fourth-order valence-electron chi connectivity index (χ4n) is 1.26. The van der Waals surface area contributed by atoms with E-state index in [2.05, 4.69) is 0 Å². The summed E-state index contributed by atoms with van der Waals surface area (Å²) >= 11 is 0. The summed E-state index contributed by atoms with van der Waals surface area (Å²) < 4.78 is 10.7. The minimum atomic E-state index is -0.803. The van der Waals surface area contributed by atoms with E-state index in [1.165, 1.54) is 0 Å². The molecule has 0 saturated carbocycles. The lowest BCUT2D eigenvalue weighted by atomic mass is 9.90. The van der Waals surface area contributed by atoms with Crippen LogP contribution in [-0.2, 0) is 19.1 Å². The molecule has 0 amide bonds. The molecular weight excluding hydrogens is 282 g/mol. The summed E-state index contributed by atoms with van der Waals surface area (Å²) in [5.74, 6) is -0.811. The van der Waals surface area contributed by atoms with E-state index in [9.17, 15) is 9.59 Å². The molecule has 0 bridgehead atoms. The Kier molecular flexibility index (Phi) is 7.55. The lowest BCUT2D eigenvalue weighted by Gasteiger charge is -2.28. The predicted molar refractivity (Wildman–Crippen MR) is 87.2 cm³/mol. The number of esters is 2. The van der Waals surface area contributed by atoms with Crippen molar-refractivity contribution in [2.24, 2.45) is 16.6 Å². The minimum absolute atomic E-state index is 0.112. The number of hydrogen-bond acceptors (Lipinski definition) is 5. The molecule has 0 radical (unpaired) electrons. The molecule has 3 atom stereocenters. The van der Waals surface area contributed by atoms with Crippen LogP contribution < -0.4 is 5.73 Å². The Bertz CT molecular complexity index is 379. The first-order valence-electron chi connectivity index (χ1n) is 7.90. The number of carbonyl (C=O) groups excluding carboxylic acids is 2. The number of carbonyl (C=O) groups is 2. The average Bonchev–Trinajstić information content (AvgIpc) is 2.33. The van der Waals surface area contributed by atoms with Crippen LogP contribution >= 0.6 is 0 Å². The van der Waals surface area contributed by atoms with Crippen LogP contribution in [-0.4, -0.2) is 30.2 Å². The van der Waals surface area contributed by atoms with E-state index in [4.69, 9.17) is 15.2 Å². The summed E-state index contributed by atoms with van der Waals surface area (Å²) in [5, 5.41) is 0. The van der Waals surface area contributed by atoms with Gasteiger partial charge in [-0.05, 0) is 31.1 Å². The third-order valence-corrected chi connectivity index (χ3v) is 4.00. The highest BCUT2D eigenvalue weighted by atomic mass is 16.5. The van der Waals surface area contributed by atoms with Crippen molar-refractivity contribution in [2.75, 3.05) is 0 Å². The molecule has 22 heavy (non-hydrogen) atoms. The lowest BCUT2D eigenvalue weighted by Crippen LogP contribution is -2.38. The molecule has 0 fully saturated rings. The van der Waals surface area contributed by atoms with E-state index in [1.807, 2.05) is 55.4 Å². The maximum Gasteiger partial charge on any atom is 0.323 e. The van der Waals surface area contributed by atoms with Gasteiger partial charge in [0.05, 0.1) is 0 Å². The Labute approximate surface area is 134 Å². The van der Waals surface area contributed by atoms with E-state index in [1.54, 1.807) is 0 Å². The van der Waals surface area contributed by atoms with Gasteiger partial charge in [-0.1, -0.05) is 41.5 Å². The smallest absolute Gasteiger partial charge is 0.323 e. The summed E-state index contributed by atoms with van der Waals surface area (Å²) in [6.45, 7) is 15.7. The Balaban J connectivity index is 4.25. The Morgan fingerprint density at radius 3 is 1.73 bits per heavy atom. The summed E-state index contributed by atoms with van der Waals surface area (Å²) in [7, 11) is 0. The summed E-state index contributed by atoms with van der Waals surface area (Å²) in [4.78, 5) is 23.7. The number of rotatable bonds is 6. The Morgan fingerprint density at radius 2 is 1.32 bits per heavy atom. The zero-order chi connectivity index (χ0) is 17.7. The minimum Gasteiger partial charge on any atom is -0.462 e. The van der Waals surface area contributed by atoms with E-state index in [0.29, 0.717) is 0 Å². The van der Waals surface area contributed by atoms with Crippen molar-refractivity contribution in [3.05, 3.63) is 0 Å². The topological polar surface area (TPSA) is 78.6 Å². The van der Waals surface area contributed by atoms with Gasteiger partial charge in [-0.2, -0.15) is 0 Å². The van der Waals surface area contributed by atoms with Crippen LogP contribution in [0.15, 0.2) is 0 Å². The van der Waals surface area contributed by atoms with E-state index in [0.717, 1.165) is 0 Å². The van der Waals surface area contributed by atoms with Crippen molar-refractivity contribution >= 4 is 11.9 Å². The Hall–Kier alpha value is -1.10. The highest BCUT2D eigenvalue weighted by molar-refractivity contribution is 5.77. The van der Waals surface area contributed by atoms with Crippen LogP contribution in [0.3, 0.4) is 0 Å². The second kappa shape index (κ2) is 7.95. The zero-order valence-electron chi connectivity index (χ0n) is 15.4.